The van der Waals surface area contributed by atoms with Gasteiger partial charge < -0.3 is 5.32 Å². The lowest BCUT2D eigenvalue weighted by Crippen LogP contribution is -2.23. The summed E-state index contributed by atoms with van der Waals surface area (Å²) < 4.78 is 0.732. The Kier molecular flexibility index (Phi) is 4.23. The van der Waals surface area contributed by atoms with Crippen LogP contribution >= 0.6 is 15.9 Å². The molecular weight excluding hydrogens is 260 g/mol. The van der Waals surface area contributed by atoms with Gasteiger partial charge in [0.2, 0.25) is 0 Å². The molecule has 82 valence electrons. The first-order valence-electron chi connectivity index (χ1n) is 4.64. The highest BCUT2D eigenvalue weighted by Crippen LogP contribution is 2.24. The molecule has 1 atom stereocenters. The van der Waals surface area contributed by atoms with Crippen LogP contribution in [-0.4, -0.2) is 18.0 Å². The average molecular weight is 273 g/mol. The van der Waals surface area contributed by atoms with Crippen molar-refractivity contribution in [3.05, 3.63) is 38.3 Å². The van der Waals surface area contributed by atoms with Crippen LogP contribution in [0.25, 0.3) is 0 Å². The molecule has 0 aliphatic rings. The van der Waals surface area contributed by atoms with E-state index in [4.69, 9.17) is 0 Å². The van der Waals surface area contributed by atoms with Crippen molar-refractivity contribution in [1.82, 2.24) is 5.32 Å². The minimum Gasteiger partial charge on any atom is -0.317 e. The third-order valence-corrected chi connectivity index (χ3v) is 2.76. The first kappa shape index (κ1) is 12.1. The molecule has 15 heavy (non-hydrogen) atoms. The van der Waals surface area contributed by atoms with E-state index in [1.807, 2.05) is 20.0 Å². The zero-order chi connectivity index (χ0) is 11.4. The molecule has 0 aromatic heterocycles. The van der Waals surface area contributed by atoms with E-state index in [1.54, 1.807) is 6.07 Å². The summed E-state index contributed by atoms with van der Waals surface area (Å²) in [6, 6.07) is 5.38. The molecule has 1 aromatic carbocycles. The van der Waals surface area contributed by atoms with Gasteiger partial charge in [0.25, 0.3) is 5.69 Å². The van der Waals surface area contributed by atoms with E-state index in [-0.39, 0.29) is 16.7 Å². The third-order valence-electron chi connectivity index (χ3n) is 2.26. The van der Waals surface area contributed by atoms with Gasteiger partial charge in [-0.15, -0.1) is 0 Å². The predicted molar refractivity (Wildman–Crippen MR) is 63.0 cm³/mol. The molecule has 0 aliphatic carbocycles. The molecule has 0 bridgehead atoms. The third kappa shape index (κ3) is 3.28. The van der Waals surface area contributed by atoms with Crippen molar-refractivity contribution in [2.24, 2.45) is 0 Å². The molecule has 1 rings (SSSR count). The highest BCUT2D eigenvalue weighted by atomic mass is 79.9. The molecule has 1 unspecified atom stereocenters. The summed E-state index contributed by atoms with van der Waals surface area (Å²) in [5.41, 5.74) is 0.927. The molecule has 4 nitrogen and oxygen atoms in total. The topological polar surface area (TPSA) is 55.2 Å². The van der Waals surface area contributed by atoms with Crippen LogP contribution in [0, 0.1) is 10.1 Å². The first-order valence-corrected chi connectivity index (χ1v) is 5.44. The highest BCUT2D eigenvalue weighted by Gasteiger charge is 2.15. The van der Waals surface area contributed by atoms with E-state index in [0.717, 1.165) is 10.0 Å². The van der Waals surface area contributed by atoms with E-state index in [1.165, 1.54) is 6.07 Å². The van der Waals surface area contributed by atoms with Gasteiger partial charge in [0.1, 0.15) is 0 Å². The van der Waals surface area contributed by atoms with Crippen molar-refractivity contribution < 1.29 is 4.92 Å². The van der Waals surface area contributed by atoms with Crippen molar-refractivity contribution >= 4 is 21.6 Å². The van der Waals surface area contributed by atoms with Crippen LogP contribution in [0.2, 0.25) is 0 Å². The molecule has 0 heterocycles. The van der Waals surface area contributed by atoms with E-state index in [2.05, 4.69) is 21.2 Å². The van der Waals surface area contributed by atoms with E-state index in [0.29, 0.717) is 6.42 Å². The zero-order valence-corrected chi connectivity index (χ0v) is 10.2. The van der Waals surface area contributed by atoms with E-state index >= 15 is 0 Å². The number of likely N-dealkylation sites (N-methyl/N-ethyl adjacent to an activating group) is 1. The van der Waals surface area contributed by atoms with Gasteiger partial charge in [-0.2, -0.15) is 0 Å². The molecule has 0 radical (unpaired) electrons. The number of hydrogen-bond donors (Lipinski definition) is 1. The zero-order valence-electron chi connectivity index (χ0n) is 8.66. The number of nitro groups is 1. The largest absolute Gasteiger partial charge is 0.317 e. The highest BCUT2D eigenvalue weighted by molar-refractivity contribution is 9.10. The number of hydrogen-bond acceptors (Lipinski definition) is 3. The summed E-state index contributed by atoms with van der Waals surface area (Å²) in [5.74, 6) is 0. The van der Waals surface area contributed by atoms with Crippen LogP contribution in [0.4, 0.5) is 5.69 Å². The lowest BCUT2D eigenvalue weighted by Gasteiger charge is -2.10. The summed E-state index contributed by atoms with van der Waals surface area (Å²) in [6.45, 7) is 1.99. The molecular formula is C10H13BrN2O2. The second kappa shape index (κ2) is 5.23. The molecule has 0 saturated carbocycles. The van der Waals surface area contributed by atoms with E-state index in [9.17, 15) is 10.1 Å². The lowest BCUT2D eigenvalue weighted by atomic mass is 10.1. The van der Waals surface area contributed by atoms with Gasteiger partial charge in [-0.3, -0.25) is 10.1 Å². The van der Waals surface area contributed by atoms with Crippen LogP contribution in [-0.2, 0) is 6.42 Å². The van der Waals surface area contributed by atoms with Gasteiger partial charge in [-0.05, 0) is 26.5 Å². The summed E-state index contributed by atoms with van der Waals surface area (Å²) in [7, 11) is 1.84. The second-order valence-corrected chi connectivity index (χ2v) is 4.34. The number of halogens is 1. The Morgan fingerprint density at radius 1 is 1.60 bits per heavy atom. The summed E-state index contributed by atoms with van der Waals surface area (Å²) >= 11 is 3.23. The Hall–Kier alpha value is -0.940. The lowest BCUT2D eigenvalue weighted by molar-refractivity contribution is -0.385. The number of nitrogens with one attached hydrogen (secondary N) is 1. The smallest absolute Gasteiger partial charge is 0.273 e. The fourth-order valence-electron chi connectivity index (χ4n) is 1.31. The number of rotatable bonds is 4. The number of nitro benzene ring substituents is 1. The van der Waals surface area contributed by atoms with Crippen LogP contribution in [0.5, 0.6) is 0 Å². The summed E-state index contributed by atoms with van der Waals surface area (Å²) in [6.07, 6.45) is 0.653. The summed E-state index contributed by atoms with van der Waals surface area (Å²) in [4.78, 5) is 10.5. The van der Waals surface area contributed by atoms with Crippen LogP contribution in [0.1, 0.15) is 12.5 Å². The fourth-order valence-corrected chi connectivity index (χ4v) is 1.66. The molecule has 5 heteroatoms. The molecule has 1 N–H and O–H groups in total. The van der Waals surface area contributed by atoms with Crippen molar-refractivity contribution in [2.75, 3.05) is 7.05 Å². The normalized spacial score (nSPS) is 12.5. The summed E-state index contributed by atoms with van der Waals surface area (Å²) in [5, 5.41) is 13.9. The predicted octanol–water partition coefficient (Wildman–Crippen LogP) is 2.51. The Morgan fingerprint density at radius 3 is 2.80 bits per heavy atom. The quantitative estimate of drug-likeness (QED) is 0.677. The van der Waals surface area contributed by atoms with Crippen molar-refractivity contribution in [1.29, 1.82) is 0 Å². The second-order valence-electron chi connectivity index (χ2n) is 3.42. The standard InChI is InChI=1S/C10H13BrN2O2/c1-7(12-2)5-8-3-4-9(11)6-10(8)13(14)15/h3-4,6-7,12H,5H2,1-2H3. The molecule has 0 amide bonds. The van der Waals surface area contributed by atoms with Crippen LogP contribution in [0.3, 0.4) is 0 Å². The maximum absolute atomic E-state index is 10.8. The fraction of sp³-hybridized carbons (Fsp3) is 0.400. The Morgan fingerprint density at radius 2 is 2.27 bits per heavy atom. The minimum absolute atomic E-state index is 0.173. The van der Waals surface area contributed by atoms with Gasteiger partial charge >= 0.3 is 0 Å². The Bertz CT molecular complexity index is 368. The van der Waals surface area contributed by atoms with Gasteiger partial charge in [0.15, 0.2) is 0 Å². The maximum Gasteiger partial charge on any atom is 0.273 e. The van der Waals surface area contributed by atoms with Crippen LogP contribution < -0.4 is 5.32 Å². The number of nitrogens with zero attached hydrogens (tertiary/aromatic N) is 1. The van der Waals surface area contributed by atoms with Gasteiger partial charge in [0, 0.05) is 22.1 Å². The van der Waals surface area contributed by atoms with Crippen LogP contribution in [0.15, 0.2) is 22.7 Å². The van der Waals surface area contributed by atoms with Gasteiger partial charge in [-0.1, -0.05) is 22.0 Å². The van der Waals surface area contributed by atoms with Crippen molar-refractivity contribution in [2.45, 2.75) is 19.4 Å². The Balaban J connectivity index is 3.01. The Labute approximate surface area is 97.0 Å². The van der Waals surface area contributed by atoms with Crippen molar-refractivity contribution in [3.63, 3.8) is 0 Å². The number of benzene rings is 1. The molecule has 0 aliphatic heterocycles. The molecule has 0 fully saturated rings. The molecule has 1 aromatic rings. The average Bonchev–Trinajstić information content (AvgIpc) is 2.20. The minimum atomic E-state index is -0.345. The molecule has 0 spiro atoms. The molecule has 0 saturated heterocycles. The van der Waals surface area contributed by atoms with Crippen molar-refractivity contribution in [3.8, 4) is 0 Å². The SMILES string of the molecule is CNC(C)Cc1ccc(Br)cc1[N+](=O)[O-]. The first-order chi connectivity index (χ1) is 7.04. The monoisotopic (exact) mass is 272 g/mol. The maximum atomic E-state index is 10.8. The van der Waals surface area contributed by atoms with Gasteiger partial charge in [0.05, 0.1) is 4.92 Å². The van der Waals surface area contributed by atoms with E-state index < -0.39 is 0 Å². The van der Waals surface area contributed by atoms with Gasteiger partial charge in [-0.25, -0.2) is 0 Å².